The van der Waals surface area contributed by atoms with Crippen LogP contribution in [0.4, 0.5) is 0 Å². The van der Waals surface area contributed by atoms with Crippen molar-refractivity contribution in [3.05, 3.63) is 24.3 Å². The number of benzene rings is 1. The first-order chi connectivity index (χ1) is 10.5. The number of likely N-dealkylation sites (tertiary alicyclic amines) is 1. The lowest BCUT2D eigenvalue weighted by Gasteiger charge is -2.26. The molecule has 0 aliphatic carbocycles. The monoisotopic (exact) mass is 323 g/mol. The van der Waals surface area contributed by atoms with Crippen LogP contribution in [0.2, 0.25) is 0 Å². The molecule has 1 saturated heterocycles. The second-order valence-electron chi connectivity index (χ2n) is 5.36. The fraction of sp³-hybridized carbons (Fsp3) is 0.500. The summed E-state index contributed by atoms with van der Waals surface area (Å²) < 4.78 is 5.11. The Morgan fingerprint density at radius 3 is 2.68 bits per heavy atom. The number of carboxylic acids is 1. The lowest BCUT2D eigenvalue weighted by atomic mass is 10.1. The zero-order chi connectivity index (χ0) is 16.1. The van der Waals surface area contributed by atoms with Crippen molar-refractivity contribution in [3.63, 3.8) is 0 Å². The van der Waals surface area contributed by atoms with Gasteiger partial charge in [-0.3, -0.25) is 9.59 Å². The Bertz CT molecular complexity index is 531. The van der Waals surface area contributed by atoms with Gasteiger partial charge in [-0.2, -0.15) is 0 Å². The molecule has 0 aromatic heterocycles. The van der Waals surface area contributed by atoms with Gasteiger partial charge in [0.05, 0.1) is 18.8 Å². The molecule has 1 N–H and O–H groups in total. The zero-order valence-electron chi connectivity index (χ0n) is 12.8. The van der Waals surface area contributed by atoms with Crippen molar-refractivity contribution in [1.29, 1.82) is 0 Å². The van der Waals surface area contributed by atoms with E-state index in [4.69, 9.17) is 9.84 Å². The van der Waals surface area contributed by atoms with Crippen molar-refractivity contribution in [3.8, 4) is 5.75 Å². The molecule has 2 rings (SSSR count). The Labute approximate surface area is 134 Å². The van der Waals surface area contributed by atoms with Gasteiger partial charge in [0.15, 0.2) is 0 Å². The summed E-state index contributed by atoms with van der Waals surface area (Å²) in [6, 6.07) is 7.41. The van der Waals surface area contributed by atoms with E-state index >= 15 is 0 Å². The standard InChI is InChI=1S/C16H21NO4S/c1-11(22-14-7-5-13(21-2)6-8-14)16(20)17-9-3-4-12(17)10-15(18)19/h5-8,11-12H,3-4,9-10H2,1-2H3,(H,18,19). The van der Waals surface area contributed by atoms with Crippen LogP contribution in [0.1, 0.15) is 26.2 Å². The largest absolute Gasteiger partial charge is 0.497 e. The number of methoxy groups -OCH3 is 1. The van der Waals surface area contributed by atoms with Crippen molar-refractivity contribution in [2.75, 3.05) is 13.7 Å². The molecule has 1 aliphatic heterocycles. The number of amides is 1. The molecule has 1 heterocycles. The predicted octanol–water partition coefficient (Wildman–Crippen LogP) is 2.64. The molecular weight excluding hydrogens is 302 g/mol. The van der Waals surface area contributed by atoms with E-state index in [1.807, 2.05) is 31.2 Å². The van der Waals surface area contributed by atoms with Crippen LogP contribution < -0.4 is 4.74 Å². The average molecular weight is 323 g/mol. The number of hydrogen-bond donors (Lipinski definition) is 1. The van der Waals surface area contributed by atoms with Gasteiger partial charge in [-0.05, 0) is 44.0 Å². The Kier molecular flexibility index (Phi) is 5.71. The maximum atomic E-state index is 12.6. The highest BCUT2D eigenvalue weighted by molar-refractivity contribution is 8.00. The van der Waals surface area contributed by atoms with Crippen molar-refractivity contribution >= 4 is 23.6 Å². The van der Waals surface area contributed by atoms with Gasteiger partial charge in [0.25, 0.3) is 0 Å². The minimum atomic E-state index is -0.847. The second-order valence-corrected chi connectivity index (χ2v) is 6.78. The molecule has 5 nitrogen and oxygen atoms in total. The number of thioether (sulfide) groups is 1. The van der Waals surface area contributed by atoms with E-state index in [-0.39, 0.29) is 23.6 Å². The van der Waals surface area contributed by atoms with Crippen LogP contribution in [0.15, 0.2) is 29.2 Å². The summed E-state index contributed by atoms with van der Waals surface area (Å²) >= 11 is 1.48. The minimum Gasteiger partial charge on any atom is -0.497 e. The van der Waals surface area contributed by atoms with E-state index in [0.29, 0.717) is 6.54 Å². The topological polar surface area (TPSA) is 66.8 Å². The molecule has 1 amide bonds. The first-order valence-corrected chi connectivity index (χ1v) is 8.22. The number of carbonyl (C=O) groups is 2. The fourth-order valence-corrected chi connectivity index (χ4v) is 3.62. The smallest absolute Gasteiger partial charge is 0.305 e. The number of hydrogen-bond acceptors (Lipinski definition) is 4. The number of nitrogens with zero attached hydrogens (tertiary/aromatic N) is 1. The van der Waals surface area contributed by atoms with E-state index in [9.17, 15) is 9.59 Å². The van der Waals surface area contributed by atoms with Gasteiger partial charge in [-0.1, -0.05) is 0 Å². The van der Waals surface area contributed by atoms with Gasteiger partial charge in [0, 0.05) is 17.5 Å². The first kappa shape index (κ1) is 16.7. The molecule has 2 atom stereocenters. The van der Waals surface area contributed by atoms with E-state index in [0.717, 1.165) is 23.5 Å². The van der Waals surface area contributed by atoms with E-state index < -0.39 is 5.97 Å². The molecule has 0 spiro atoms. The Hall–Kier alpha value is -1.69. The summed E-state index contributed by atoms with van der Waals surface area (Å²) in [6.07, 6.45) is 1.69. The van der Waals surface area contributed by atoms with Gasteiger partial charge in [0.2, 0.25) is 5.91 Å². The van der Waals surface area contributed by atoms with Crippen LogP contribution in [0.3, 0.4) is 0 Å². The lowest BCUT2D eigenvalue weighted by molar-refractivity contribution is -0.139. The number of carbonyl (C=O) groups excluding carboxylic acids is 1. The summed E-state index contributed by atoms with van der Waals surface area (Å²) in [5, 5.41) is 8.71. The number of ether oxygens (including phenoxy) is 1. The van der Waals surface area contributed by atoms with Crippen molar-refractivity contribution < 1.29 is 19.4 Å². The van der Waals surface area contributed by atoms with Crippen molar-refractivity contribution in [2.24, 2.45) is 0 Å². The molecule has 120 valence electrons. The highest BCUT2D eigenvalue weighted by atomic mass is 32.2. The van der Waals surface area contributed by atoms with E-state index in [1.165, 1.54) is 11.8 Å². The third-order valence-corrected chi connectivity index (χ3v) is 4.89. The molecule has 0 radical (unpaired) electrons. The molecular formula is C16H21NO4S. The molecule has 0 saturated carbocycles. The SMILES string of the molecule is COc1ccc(SC(C)C(=O)N2CCCC2CC(=O)O)cc1. The highest BCUT2D eigenvalue weighted by Crippen LogP contribution is 2.29. The summed E-state index contributed by atoms with van der Waals surface area (Å²) in [5.41, 5.74) is 0. The van der Waals surface area contributed by atoms with Gasteiger partial charge in [-0.25, -0.2) is 0 Å². The summed E-state index contributed by atoms with van der Waals surface area (Å²) in [6.45, 7) is 2.53. The van der Waals surface area contributed by atoms with Crippen LogP contribution in [0, 0.1) is 0 Å². The summed E-state index contributed by atoms with van der Waals surface area (Å²) in [4.78, 5) is 26.2. The van der Waals surface area contributed by atoms with Crippen molar-refractivity contribution in [1.82, 2.24) is 4.90 Å². The highest BCUT2D eigenvalue weighted by Gasteiger charge is 2.32. The van der Waals surface area contributed by atoms with Crippen LogP contribution in [0.25, 0.3) is 0 Å². The molecule has 6 heteroatoms. The third-order valence-electron chi connectivity index (χ3n) is 3.79. The van der Waals surface area contributed by atoms with Crippen molar-refractivity contribution in [2.45, 2.75) is 42.4 Å². The Morgan fingerprint density at radius 2 is 2.09 bits per heavy atom. The Morgan fingerprint density at radius 1 is 1.41 bits per heavy atom. The number of aliphatic carboxylic acids is 1. The zero-order valence-corrected chi connectivity index (χ0v) is 13.6. The lowest BCUT2D eigenvalue weighted by Crippen LogP contribution is -2.41. The molecule has 1 fully saturated rings. The van der Waals surface area contributed by atoms with E-state index in [1.54, 1.807) is 12.0 Å². The molecule has 0 bridgehead atoms. The van der Waals surface area contributed by atoms with Crippen LogP contribution in [-0.4, -0.2) is 46.8 Å². The average Bonchev–Trinajstić information content (AvgIpc) is 2.94. The van der Waals surface area contributed by atoms with Gasteiger partial charge < -0.3 is 14.7 Å². The molecule has 1 aromatic rings. The predicted molar refractivity (Wildman–Crippen MR) is 85.3 cm³/mol. The number of rotatable bonds is 6. The molecule has 1 aliphatic rings. The normalized spacial score (nSPS) is 19.0. The second kappa shape index (κ2) is 7.54. The molecule has 1 aromatic carbocycles. The fourth-order valence-electron chi connectivity index (χ4n) is 2.68. The minimum absolute atomic E-state index is 0.0181. The van der Waals surface area contributed by atoms with Crippen LogP contribution in [0.5, 0.6) is 5.75 Å². The third kappa shape index (κ3) is 4.16. The maximum absolute atomic E-state index is 12.6. The maximum Gasteiger partial charge on any atom is 0.305 e. The van der Waals surface area contributed by atoms with Gasteiger partial charge >= 0.3 is 5.97 Å². The number of carboxylic acid groups (broad SMARTS) is 1. The van der Waals surface area contributed by atoms with Gasteiger partial charge in [-0.15, -0.1) is 11.8 Å². The summed E-state index contributed by atoms with van der Waals surface area (Å²) in [5.74, 6) is -0.0471. The van der Waals surface area contributed by atoms with Crippen LogP contribution >= 0.6 is 11.8 Å². The molecule has 2 unspecified atom stereocenters. The first-order valence-electron chi connectivity index (χ1n) is 7.34. The van der Waals surface area contributed by atoms with Crippen LogP contribution in [-0.2, 0) is 9.59 Å². The van der Waals surface area contributed by atoms with Gasteiger partial charge in [0.1, 0.15) is 5.75 Å². The molecule has 22 heavy (non-hydrogen) atoms. The Balaban J connectivity index is 1.97. The quantitative estimate of drug-likeness (QED) is 0.815. The summed E-state index contributed by atoms with van der Waals surface area (Å²) in [7, 11) is 1.62. The van der Waals surface area contributed by atoms with E-state index in [2.05, 4.69) is 0 Å².